The molecule has 0 spiro atoms. The molecule has 0 radical (unpaired) electrons. The lowest BCUT2D eigenvalue weighted by molar-refractivity contribution is -0.133. The number of piperidine rings is 1. The SMILES string of the molecule is Cc1nc(-c2cccc(Cl)c2)sc1C(=O)N1CCN(CC(=O)N2CCCCC2)CC1. The Labute approximate surface area is 186 Å². The molecule has 2 aromatic rings. The fourth-order valence-electron chi connectivity index (χ4n) is 4.03. The van der Waals surface area contributed by atoms with Gasteiger partial charge in [-0.25, -0.2) is 4.98 Å². The molecule has 160 valence electrons. The minimum Gasteiger partial charge on any atom is -0.342 e. The van der Waals surface area contributed by atoms with Crippen molar-refractivity contribution in [1.82, 2.24) is 19.7 Å². The van der Waals surface area contributed by atoms with Crippen LogP contribution in [0.25, 0.3) is 10.6 Å². The summed E-state index contributed by atoms with van der Waals surface area (Å²) in [5, 5.41) is 1.47. The van der Waals surface area contributed by atoms with Crippen molar-refractivity contribution in [3.8, 4) is 10.6 Å². The maximum Gasteiger partial charge on any atom is 0.265 e. The highest BCUT2D eigenvalue weighted by Gasteiger charge is 2.27. The highest BCUT2D eigenvalue weighted by molar-refractivity contribution is 7.17. The molecular formula is C22H27ClN4O2S. The number of rotatable bonds is 4. The molecule has 6 nitrogen and oxygen atoms in total. The van der Waals surface area contributed by atoms with Crippen LogP contribution in [0.4, 0.5) is 0 Å². The number of amides is 2. The first kappa shape index (κ1) is 21.3. The van der Waals surface area contributed by atoms with E-state index in [0.717, 1.165) is 55.3 Å². The van der Waals surface area contributed by atoms with Crippen LogP contribution in [0, 0.1) is 6.92 Å². The Morgan fingerprint density at radius 1 is 1.03 bits per heavy atom. The number of nitrogens with zero attached hydrogens (tertiary/aromatic N) is 4. The van der Waals surface area contributed by atoms with Crippen LogP contribution in [0.2, 0.25) is 5.02 Å². The van der Waals surface area contributed by atoms with Gasteiger partial charge in [-0.2, -0.15) is 0 Å². The Morgan fingerprint density at radius 3 is 2.47 bits per heavy atom. The van der Waals surface area contributed by atoms with E-state index in [0.29, 0.717) is 29.5 Å². The summed E-state index contributed by atoms with van der Waals surface area (Å²) in [6.07, 6.45) is 3.44. The fraction of sp³-hybridized carbons (Fsp3) is 0.500. The van der Waals surface area contributed by atoms with Crippen molar-refractivity contribution in [2.24, 2.45) is 0 Å². The molecule has 4 rings (SSSR count). The van der Waals surface area contributed by atoms with E-state index in [4.69, 9.17) is 11.6 Å². The van der Waals surface area contributed by atoms with Gasteiger partial charge in [0, 0.05) is 49.9 Å². The van der Waals surface area contributed by atoms with Gasteiger partial charge in [-0.15, -0.1) is 11.3 Å². The van der Waals surface area contributed by atoms with E-state index in [-0.39, 0.29) is 11.8 Å². The third kappa shape index (κ3) is 4.85. The number of piperazine rings is 1. The Balaban J connectivity index is 1.35. The van der Waals surface area contributed by atoms with Crippen LogP contribution < -0.4 is 0 Å². The predicted octanol–water partition coefficient (Wildman–Crippen LogP) is 3.54. The van der Waals surface area contributed by atoms with Gasteiger partial charge in [0.15, 0.2) is 0 Å². The summed E-state index contributed by atoms with van der Waals surface area (Å²) in [7, 11) is 0. The van der Waals surface area contributed by atoms with Crippen molar-refractivity contribution >= 4 is 34.8 Å². The quantitative estimate of drug-likeness (QED) is 0.720. The molecule has 3 heterocycles. The first-order chi connectivity index (χ1) is 14.5. The van der Waals surface area contributed by atoms with Gasteiger partial charge in [-0.1, -0.05) is 23.7 Å². The molecule has 0 atom stereocenters. The van der Waals surface area contributed by atoms with Crippen molar-refractivity contribution in [2.75, 3.05) is 45.8 Å². The van der Waals surface area contributed by atoms with E-state index in [1.807, 2.05) is 41.0 Å². The Bertz CT molecular complexity index is 918. The number of benzene rings is 1. The third-order valence-corrected chi connectivity index (χ3v) is 7.22. The topological polar surface area (TPSA) is 56.8 Å². The Hall–Kier alpha value is -1.96. The number of aromatic nitrogens is 1. The lowest BCUT2D eigenvalue weighted by Gasteiger charge is -2.36. The molecule has 0 N–H and O–H groups in total. The minimum atomic E-state index is 0.0280. The van der Waals surface area contributed by atoms with Crippen LogP contribution in [0.15, 0.2) is 24.3 Å². The summed E-state index contributed by atoms with van der Waals surface area (Å²) in [5.74, 6) is 0.249. The lowest BCUT2D eigenvalue weighted by atomic mass is 10.1. The molecule has 1 aromatic carbocycles. The monoisotopic (exact) mass is 446 g/mol. The molecule has 2 aliphatic rings. The number of carbonyl (C=O) groups excluding carboxylic acids is 2. The normalized spacial score (nSPS) is 17.9. The van der Waals surface area contributed by atoms with Gasteiger partial charge in [0.05, 0.1) is 12.2 Å². The molecule has 1 aromatic heterocycles. The van der Waals surface area contributed by atoms with Gasteiger partial charge < -0.3 is 9.80 Å². The van der Waals surface area contributed by atoms with Gasteiger partial charge >= 0.3 is 0 Å². The second kappa shape index (κ2) is 9.45. The molecular weight excluding hydrogens is 420 g/mol. The molecule has 2 fully saturated rings. The molecule has 0 bridgehead atoms. The van der Waals surface area contributed by atoms with Crippen LogP contribution in [0.3, 0.4) is 0 Å². The van der Waals surface area contributed by atoms with Crippen LogP contribution in [-0.4, -0.2) is 77.3 Å². The van der Waals surface area contributed by atoms with E-state index in [1.54, 1.807) is 0 Å². The summed E-state index contributed by atoms with van der Waals surface area (Å²) in [4.78, 5) is 36.9. The summed E-state index contributed by atoms with van der Waals surface area (Å²) in [5.41, 5.74) is 1.68. The number of likely N-dealkylation sites (tertiary alicyclic amines) is 1. The van der Waals surface area contributed by atoms with E-state index in [1.165, 1.54) is 17.8 Å². The second-order valence-corrected chi connectivity index (χ2v) is 9.39. The Morgan fingerprint density at radius 2 is 1.77 bits per heavy atom. The molecule has 0 saturated carbocycles. The van der Waals surface area contributed by atoms with E-state index in [9.17, 15) is 9.59 Å². The van der Waals surface area contributed by atoms with Gasteiger partial charge in [-0.3, -0.25) is 14.5 Å². The largest absolute Gasteiger partial charge is 0.342 e. The summed E-state index contributed by atoms with van der Waals surface area (Å²) >= 11 is 7.51. The summed E-state index contributed by atoms with van der Waals surface area (Å²) in [6.45, 7) is 6.83. The number of halogens is 1. The van der Waals surface area contributed by atoms with Crippen molar-refractivity contribution in [3.05, 3.63) is 39.9 Å². The molecule has 30 heavy (non-hydrogen) atoms. The molecule has 2 aliphatic heterocycles. The Kier molecular flexibility index (Phi) is 6.71. The third-order valence-electron chi connectivity index (χ3n) is 5.79. The average molecular weight is 447 g/mol. The molecule has 8 heteroatoms. The first-order valence-electron chi connectivity index (χ1n) is 10.5. The highest BCUT2D eigenvalue weighted by Crippen LogP contribution is 2.30. The van der Waals surface area contributed by atoms with Gasteiger partial charge in [-0.05, 0) is 38.3 Å². The molecule has 2 amide bonds. The maximum atomic E-state index is 13.1. The molecule has 0 aliphatic carbocycles. The van der Waals surface area contributed by atoms with Gasteiger partial charge in [0.25, 0.3) is 5.91 Å². The zero-order valence-electron chi connectivity index (χ0n) is 17.3. The highest BCUT2D eigenvalue weighted by atomic mass is 35.5. The number of thiazole rings is 1. The van der Waals surface area contributed by atoms with Crippen molar-refractivity contribution in [1.29, 1.82) is 0 Å². The number of hydrogen-bond acceptors (Lipinski definition) is 5. The second-order valence-electron chi connectivity index (χ2n) is 7.95. The zero-order valence-corrected chi connectivity index (χ0v) is 18.8. The van der Waals surface area contributed by atoms with Crippen LogP contribution in [0.5, 0.6) is 0 Å². The average Bonchev–Trinajstić information content (AvgIpc) is 3.16. The molecule has 2 saturated heterocycles. The lowest BCUT2D eigenvalue weighted by Crippen LogP contribution is -2.52. The fourth-order valence-corrected chi connectivity index (χ4v) is 5.25. The van der Waals surface area contributed by atoms with Gasteiger partial charge in [0.1, 0.15) is 9.88 Å². The molecule has 0 unspecified atom stereocenters. The minimum absolute atomic E-state index is 0.0280. The predicted molar refractivity (Wildman–Crippen MR) is 120 cm³/mol. The van der Waals surface area contributed by atoms with Gasteiger partial charge in [0.2, 0.25) is 5.91 Å². The maximum absolute atomic E-state index is 13.1. The summed E-state index contributed by atoms with van der Waals surface area (Å²) < 4.78 is 0. The van der Waals surface area contributed by atoms with Crippen molar-refractivity contribution in [2.45, 2.75) is 26.2 Å². The number of aryl methyl sites for hydroxylation is 1. The van der Waals surface area contributed by atoms with Crippen molar-refractivity contribution in [3.63, 3.8) is 0 Å². The van der Waals surface area contributed by atoms with Crippen molar-refractivity contribution < 1.29 is 9.59 Å². The van der Waals surface area contributed by atoms with Crippen LogP contribution in [0.1, 0.15) is 34.6 Å². The first-order valence-corrected chi connectivity index (χ1v) is 11.7. The zero-order chi connectivity index (χ0) is 21.1. The number of carbonyl (C=O) groups is 2. The smallest absolute Gasteiger partial charge is 0.265 e. The van der Waals surface area contributed by atoms with E-state index < -0.39 is 0 Å². The van der Waals surface area contributed by atoms with Crippen LogP contribution >= 0.6 is 22.9 Å². The van der Waals surface area contributed by atoms with E-state index in [2.05, 4.69) is 9.88 Å². The van der Waals surface area contributed by atoms with E-state index >= 15 is 0 Å². The standard InChI is InChI=1S/C22H27ClN4O2S/c1-16-20(30-21(24-16)17-6-5-7-18(23)14-17)22(29)27-12-10-25(11-13-27)15-19(28)26-8-3-2-4-9-26/h5-7,14H,2-4,8-13,15H2,1H3. The summed E-state index contributed by atoms with van der Waals surface area (Å²) in [6, 6.07) is 7.54. The number of hydrogen-bond donors (Lipinski definition) is 0. The van der Waals surface area contributed by atoms with Crippen LogP contribution in [-0.2, 0) is 4.79 Å².